The van der Waals surface area contributed by atoms with E-state index < -0.39 is 11.5 Å². The van der Waals surface area contributed by atoms with Gasteiger partial charge in [0.1, 0.15) is 11.8 Å². The summed E-state index contributed by atoms with van der Waals surface area (Å²) < 4.78 is 3.69. The highest BCUT2D eigenvalue weighted by molar-refractivity contribution is 5.95. The molecule has 4 aromatic carbocycles. The van der Waals surface area contributed by atoms with Gasteiger partial charge in [0, 0.05) is 22.7 Å². The number of amides is 1. The van der Waals surface area contributed by atoms with Crippen molar-refractivity contribution in [3.63, 3.8) is 0 Å². The minimum absolute atomic E-state index is 0.342. The fraction of sp³-hybridized carbons (Fsp3) is 0.0588. The average Bonchev–Trinajstić information content (AvgIpc) is 3.63. The first-order valence-corrected chi connectivity index (χ1v) is 13.7. The van der Waals surface area contributed by atoms with Crippen LogP contribution >= 0.6 is 0 Å². The Hall–Kier alpha value is -5.80. The quantitative estimate of drug-likeness (QED) is 0.255. The molecular weight excluding hydrogens is 538 g/mol. The number of hydrogen-bond donors (Lipinski definition) is 3. The number of benzene rings is 4. The minimum Gasteiger partial charge on any atom is -0.382 e. The maximum Gasteiger partial charge on any atom is 0.258 e. The molecule has 1 atom stereocenters. The van der Waals surface area contributed by atoms with Gasteiger partial charge < -0.3 is 16.6 Å². The molecule has 0 fully saturated rings. The largest absolute Gasteiger partial charge is 0.382 e. The van der Waals surface area contributed by atoms with Crippen LogP contribution in [-0.2, 0) is 16.9 Å². The lowest BCUT2D eigenvalue weighted by Gasteiger charge is -2.25. The van der Waals surface area contributed by atoms with E-state index in [1.807, 2.05) is 71.5 Å². The maximum atomic E-state index is 12.5. The molecule has 3 heterocycles. The zero-order valence-electron chi connectivity index (χ0n) is 23.0. The maximum absolute atomic E-state index is 12.5. The summed E-state index contributed by atoms with van der Waals surface area (Å²) in [7, 11) is 0. The minimum atomic E-state index is -1.97. The van der Waals surface area contributed by atoms with Crippen molar-refractivity contribution in [2.24, 2.45) is 5.73 Å². The van der Waals surface area contributed by atoms with Gasteiger partial charge in [0.2, 0.25) is 0 Å². The lowest BCUT2D eigenvalue weighted by Crippen LogP contribution is -2.42. The van der Waals surface area contributed by atoms with Crippen LogP contribution in [0.5, 0.6) is 0 Å². The van der Waals surface area contributed by atoms with E-state index in [-0.39, 0.29) is 0 Å². The monoisotopic (exact) mass is 565 g/mol. The van der Waals surface area contributed by atoms with Crippen molar-refractivity contribution in [3.05, 3.63) is 138 Å². The van der Waals surface area contributed by atoms with Crippen molar-refractivity contribution in [3.8, 4) is 22.4 Å². The number of rotatable bonds is 7. The second-order valence-corrected chi connectivity index (χ2v) is 10.5. The average molecular weight is 566 g/mol. The van der Waals surface area contributed by atoms with Crippen LogP contribution in [0, 0.1) is 0 Å². The molecular formula is C34H27N7O2. The molecule has 7 aromatic rings. The van der Waals surface area contributed by atoms with E-state index in [4.69, 9.17) is 16.6 Å². The Morgan fingerprint density at radius 1 is 0.837 bits per heavy atom. The number of hydrogen-bond acceptors (Lipinski definition) is 6. The van der Waals surface area contributed by atoms with Gasteiger partial charge in [0.15, 0.2) is 11.4 Å². The third kappa shape index (κ3) is 4.48. The van der Waals surface area contributed by atoms with E-state index in [0.717, 1.165) is 33.3 Å². The van der Waals surface area contributed by atoms with E-state index in [0.29, 0.717) is 29.0 Å². The normalized spacial score (nSPS) is 12.9. The van der Waals surface area contributed by atoms with E-state index in [2.05, 4.69) is 22.2 Å². The number of carbonyl (C=O) groups is 1. The van der Waals surface area contributed by atoms with Crippen molar-refractivity contribution in [2.75, 3.05) is 5.73 Å². The predicted molar refractivity (Wildman–Crippen MR) is 166 cm³/mol. The van der Waals surface area contributed by atoms with Gasteiger partial charge >= 0.3 is 0 Å². The molecule has 0 radical (unpaired) electrons. The highest BCUT2D eigenvalue weighted by Gasteiger charge is 2.38. The standard InChI is InChI=1S/C34H27N7O2/c35-32-31-28(24-11-12-25-20-40(39-29(25)17-24)19-22-7-3-1-4-8-22)18-30(41(31)38-21-37-32)23-13-15-27(16-14-23)34(43,33(36)42)26-9-5-2-6-10-26/h1-18,20-21,43H,19H2,(H2,36,42)(H2,35,37,38). The Morgan fingerprint density at radius 3 is 2.23 bits per heavy atom. The van der Waals surface area contributed by atoms with Gasteiger partial charge in [0.05, 0.1) is 17.8 Å². The Morgan fingerprint density at radius 2 is 1.51 bits per heavy atom. The molecule has 0 saturated carbocycles. The molecule has 0 saturated heterocycles. The topological polar surface area (TPSA) is 137 Å². The summed E-state index contributed by atoms with van der Waals surface area (Å²) in [6.45, 7) is 0.677. The zero-order valence-corrected chi connectivity index (χ0v) is 23.0. The molecule has 0 aliphatic rings. The summed E-state index contributed by atoms with van der Waals surface area (Å²) in [4.78, 5) is 16.7. The van der Waals surface area contributed by atoms with Crippen molar-refractivity contribution in [1.29, 1.82) is 0 Å². The zero-order chi connectivity index (χ0) is 29.6. The first-order chi connectivity index (χ1) is 20.9. The number of primary amides is 1. The number of anilines is 1. The SMILES string of the molecule is NC(=O)C(O)(c1ccccc1)c1ccc(-c2cc(-c3ccc4cn(Cc5ccccc5)nc4c3)c3c(N)ncnn23)cc1. The fourth-order valence-corrected chi connectivity index (χ4v) is 5.59. The lowest BCUT2D eigenvalue weighted by atomic mass is 9.85. The summed E-state index contributed by atoms with van der Waals surface area (Å²) >= 11 is 0. The summed E-state index contributed by atoms with van der Waals surface area (Å²) in [5, 5.41) is 21.8. The van der Waals surface area contributed by atoms with Crippen LogP contribution in [0.1, 0.15) is 16.7 Å². The molecule has 5 N–H and O–H groups in total. The van der Waals surface area contributed by atoms with Crippen LogP contribution in [0.3, 0.4) is 0 Å². The number of nitrogens with zero attached hydrogens (tertiary/aromatic N) is 5. The van der Waals surface area contributed by atoms with Crippen LogP contribution in [0.4, 0.5) is 5.82 Å². The van der Waals surface area contributed by atoms with Crippen molar-refractivity contribution in [1.82, 2.24) is 24.4 Å². The molecule has 210 valence electrons. The van der Waals surface area contributed by atoms with Crippen molar-refractivity contribution in [2.45, 2.75) is 12.1 Å². The Balaban J connectivity index is 1.29. The summed E-state index contributed by atoms with van der Waals surface area (Å²) in [6, 6.07) is 34.0. The van der Waals surface area contributed by atoms with E-state index in [1.165, 1.54) is 11.9 Å². The molecule has 3 aromatic heterocycles. The summed E-state index contributed by atoms with van der Waals surface area (Å²) in [6.07, 6.45) is 3.46. The van der Waals surface area contributed by atoms with Crippen LogP contribution in [-0.4, -0.2) is 35.4 Å². The van der Waals surface area contributed by atoms with E-state index >= 15 is 0 Å². The predicted octanol–water partition coefficient (Wildman–Crippen LogP) is 4.76. The van der Waals surface area contributed by atoms with Crippen LogP contribution in [0.25, 0.3) is 38.8 Å². The molecule has 0 aliphatic heterocycles. The molecule has 0 bridgehead atoms. The number of fused-ring (bicyclic) bond motifs is 2. The van der Waals surface area contributed by atoms with Gasteiger partial charge in [-0.2, -0.15) is 10.2 Å². The summed E-state index contributed by atoms with van der Waals surface area (Å²) in [5.41, 5.74) is 16.9. The van der Waals surface area contributed by atoms with Gasteiger partial charge in [-0.15, -0.1) is 0 Å². The molecule has 1 amide bonds. The van der Waals surface area contributed by atoms with Crippen LogP contribution < -0.4 is 11.5 Å². The number of aliphatic hydroxyl groups is 1. The summed E-state index contributed by atoms with van der Waals surface area (Å²) in [5.74, 6) is -0.515. The molecule has 1 unspecified atom stereocenters. The van der Waals surface area contributed by atoms with Gasteiger partial charge in [0.25, 0.3) is 5.91 Å². The highest BCUT2D eigenvalue weighted by Crippen LogP contribution is 2.37. The van der Waals surface area contributed by atoms with Crippen molar-refractivity contribution < 1.29 is 9.90 Å². The number of aromatic nitrogens is 5. The first kappa shape index (κ1) is 26.1. The van der Waals surface area contributed by atoms with E-state index in [1.54, 1.807) is 40.9 Å². The molecule has 9 nitrogen and oxygen atoms in total. The van der Waals surface area contributed by atoms with Crippen LogP contribution in [0.2, 0.25) is 0 Å². The van der Waals surface area contributed by atoms with Gasteiger partial charge in [-0.05, 0) is 34.4 Å². The Labute approximate surface area is 246 Å². The third-order valence-corrected chi connectivity index (χ3v) is 7.78. The molecule has 9 heteroatoms. The molecule has 0 aliphatic carbocycles. The second kappa shape index (κ2) is 10.2. The lowest BCUT2D eigenvalue weighted by molar-refractivity contribution is -0.133. The Bertz CT molecular complexity index is 2100. The second-order valence-electron chi connectivity index (χ2n) is 10.5. The smallest absolute Gasteiger partial charge is 0.258 e. The van der Waals surface area contributed by atoms with Crippen LogP contribution in [0.15, 0.2) is 122 Å². The van der Waals surface area contributed by atoms with Gasteiger partial charge in [-0.1, -0.05) is 97.1 Å². The number of carbonyl (C=O) groups excluding carboxylic acids is 1. The van der Waals surface area contributed by atoms with Gasteiger partial charge in [-0.3, -0.25) is 9.48 Å². The fourth-order valence-electron chi connectivity index (χ4n) is 5.59. The Kier molecular flexibility index (Phi) is 6.22. The molecule has 43 heavy (non-hydrogen) atoms. The highest BCUT2D eigenvalue weighted by atomic mass is 16.3. The number of nitrogen functional groups attached to an aromatic ring is 1. The molecule has 0 spiro atoms. The molecule has 7 rings (SSSR count). The van der Waals surface area contributed by atoms with E-state index in [9.17, 15) is 9.90 Å². The third-order valence-electron chi connectivity index (χ3n) is 7.78. The number of nitrogens with two attached hydrogens (primary N) is 2. The van der Waals surface area contributed by atoms with Crippen molar-refractivity contribution >= 4 is 28.1 Å². The first-order valence-electron chi connectivity index (χ1n) is 13.7. The van der Waals surface area contributed by atoms with Gasteiger partial charge in [-0.25, -0.2) is 9.50 Å².